The minimum Gasteiger partial charge on any atom is -0.342 e. The average Bonchev–Trinajstić information content (AvgIpc) is 3.17. The van der Waals surface area contributed by atoms with E-state index in [4.69, 9.17) is 0 Å². The molecule has 29 heavy (non-hydrogen) atoms. The monoisotopic (exact) mass is 400 g/mol. The summed E-state index contributed by atoms with van der Waals surface area (Å²) in [6.07, 6.45) is 12.9. The minimum absolute atomic E-state index is 0.224. The molecule has 0 unspecified atom stereocenters. The van der Waals surface area contributed by atoms with Crippen LogP contribution < -0.4 is 0 Å². The van der Waals surface area contributed by atoms with Crippen molar-refractivity contribution in [3.8, 4) is 0 Å². The van der Waals surface area contributed by atoms with Crippen LogP contribution in [0.15, 0.2) is 12.3 Å². The molecule has 6 heteroatoms. The van der Waals surface area contributed by atoms with Gasteiger partial charge in [0.05, 0.1) is 5.69 Å². The minimum atomic E-state index is 0.224. The molecule has 3 aliphatic rings. The predicted molar refractivity (Wildman–Crippen MR) is 112 cm³/mol. The van der Waals surface area contributed by atoms with Gasteiger partial charge in [0.15, 0.2) is 0 Å². The lowest BCUT2D eigenvalue weighted by Crippen LogP contribution is -2.57. The maximum atomic E-state index is 12.7. The van der Waals surface area contributed by atoms with Gasteiger partial charge in [0.25, 0.3) is 0 Å². The van der Waals surface area contributed by atoms with E-state index in [1.54, 1.807) is 0 Å². The van der Waals surface area contributed by atoms with E-state index in [2.05, 4.69) is 10.00 Å². The lowest BCUT2D eigenvalue weighted by Gasteiger charge is -2.47. The summed E-state index contributed by atoms with van der Waals surface area (Å²) in [4.78, 5) is 29.6. The van der Waals surface area contributed by atoms with Gasteiger partial charge in [-0.05, 0) is 44.1 Å². The summed E-state index contributed by atoms with van der Waals surface area (Å²) in [6, 6.07) is 2.31. The van der Waals surface area contributed by atoms with E-state index in [0.717, 1.165) is 44.1 Å². The molecule has 1 saturated carbocycles. The summed E-state index contributed by atoms with van der Waals surface area (Å²) in [7, 11) is 0. The maximum absolute atomic E-state index is 12.7. The average molecular weight is 401 g/mol. The van der Waals surface area contributed by atoms with Crippen molar-refractivity contribution in [1.82, 2.24) is 19.6 Å². The van der Waals surface area contributed by atoms with Crippen LogP contribution in [0.4, 0.5) is 0 Å². The number of piperidine rings is 2. The number of hydrogen-bond donors (Lipinski definition) is 0. The van der Waals surface area contributed by atoms with Crippen molar-refractivity contribution in [2.45, 2.75) is 83.7 Å². The second kappa shape index (κ2) is 9.31. The molecule has 1 aliphatic carbocycles. The first-order valence-electron chi connectivity index (χ1n) is 11.7. The number of fused-ring (bicyclic) bond motifs is 1. The molecule has 0 bridgehead atoms. The molecular formula is C23H36N4O2. The number of amides is 2. The number of carbonyl (C=O) groups excluding carboxylic acids is 2. The van der Waals surface area contributed by atoms with Gasteiger partial charge in [-0.25, -0.2) is 0 Å². The number of aromatic nitrogens is 2. The highest BCUT2D eigenvalue weighted by atomic mass is 16.2. The van der Waals surface area contributed by atoms with Gasteiger partial charge >= 0.3 is 0 Å². The summed E-state index contributed by atoms with van der Waals surface area (Å²) in [5.41, 5.74) is 0.985. The Labute approximate surface area is 174 Å². The highest BCUT2D eigenvalue weighted by molar-refractivity contribution is 5.78. The zero-order chi connectivity index (χ0) is 20.2. The van der Waals surface area contributed by atoms with E-state index in [9.17, 15) is 9.59 Å². The van der Waals surface area contributed by atoms with Crippen molar-refractivity contribution in [2.24, 2.45) is 11.8 Å². The molecule has 3 fully saturated rings. The molecule has 0 N–H and O–H groups in total. The van der Waals surface area contributed by atoms with Crippen molar-refractivity contribution in [1.29, 1.82) is 0 Å². The standard InChI is InChI=1S/C23H36N4O2/c1-18-9-14-26(24-18)15-12-22(28)25-13-11-21-20(17-25)7-8-23(29)27(21)16-10-19-5-3-2-4-6-19/h9,14,19-21H,2-8,10-13,15-17H2,1H3/t20-,21+/m1/s1. The summed E-state index contributed by atoms with van der Waals surface area (Å²) < 4.78 is 1.85. The van der Waals surface area contributed by atoms with Crippen LogP contribution in [-0.2, 0) is 16.1 Å². The zero-order valence-corrected chi connectivity index (χ0v) is 17.9. The van der Waals surface area contributed by atoms with Gasteiger partial charge in [0, 0.05) is 51.3 Å². The summed E-state index contributed by atoms with van der Waals surface area (Å²) in [5, 5.41) is 4.37. The van der Waals surface area contributed by atoms with Gasteiger partial charge < -0.3 is 9.80 Å². The van der Waals surface area contributed by atoms with Gasteiger partial charge in [0.1, 0.15) is 0 Å². The number of likely N-dealkylation sites (tertiary alicyclic amines) is 2. The van der Waals surface area contributed by atoms with Gasteiger partial charge in [0.2, 0.25) is 11.8 Å². The maximum Gasteiger partial charge on any atom is 0.224 e. The Kier molecular flexibility index (Phi) is 6.56. The topological polar surface area (TPSA) is 58.4 Å². The first-order valence-corrected chi connectivity index (χ1v) is 11.7. The molecule has 2 saturated heterocycles. The molecule has 2 atom stereocenters. The van der Waals surface area contributed by atoms with E-state index in [1.807, 2.05) is 28.8 Å². The quantitative estimate of drug-likeness (QED) is 0.735. The summed E-state index contributed by atoms with van der Waals surface area (Å²) >= 11 is 0. The van der Waals surface area contributed by atoms with Crippen LogP contribution in [0.2, 0.25) is 0 Å². The molecule has 0 spiro atoms. The molecule has 1 aromatic rings. The largest absolute Gasteiger partial charge is 0.342 e. The van der Waals surface area contributed by atoms with Crippen molar-refractivity contribution < 1.29 is 9.59 Å². The Morgan fingerprint density at radius 3 is 2.72 bits per heavy atom. The van der Waals surface area contributed by atoms with Crippen molar-refractivity contribution in [3.63, 3.8) is 0 Å². The first-order chi connectivity index (χ1) is 14.1. The molecule has 2 amide bonds. The van der Waals surface area contributed by atoms with Crippen LogP contribution in [0.5, 0.6) is 0 Å². The third-order valence-corrected chi connectivity index (χ3v) is 7.33. The summed E-state index contributed by atoms with van der Waals surface area (Å²) in [5.74, 6) is 1.83. The Morgan fingerprint density at radius 2 is 1.97 bits per heavy atom. The van der Waals surface area contributed by atoms with Crippen LogP contribution in [-0.4, -0.2) is 57.1 Å². The van der Waals surface area contributed by atoms with Crippen LogP contribution in [0.3, 0.4) is 0 Å². The Balaban J connectivity index is 1.28. The second-order valence-electron chi connectivity index (χ2n) is 9.34. The van der Waals surface area contributed by atoms with E-state index in [-0.39, 0.29) is 5.91 Å². The van der Waals surface area contributed by atoms with Crippen LogP contribution >= 0.6 is 0 Å². The molecule has 0 radical (unpaired) electrons. The number of carbonyl (C=O) groups is 2. The Bertz CT molecular complexity index is 709. The van der Waals surface area contributed by atoms with E-state index < -0.39 is 0 Å². The lowest BCUT2D eigenvalue weighted by molar-refractivity contribution is -0.144. The van der Waals surface area contributed by atoms with Crippen molar-refractivity contribution in [3.05, 3.63) is 18.0 Å². The third-order valence-electron chi connectivity index (χ3n) is 7.33. The fraction of sp³-hybridized carbons (Fsp3) is 0.783. The fourth-order valence-corrected chi connectivity index (χ4v) is 5.62. The highest BCUT2D eigenvalue weighted by Crippen LogP contribution is 2.33. The van der Waals surface area contributed by atoms with Gasteiger partial charge in [-0.1, -0.05) is 32.1 Å². The van der Waals surface area contributed by atoms with Gasteiger partial charge in [-0.2, -0.15) is 5.10 Å². The van der Waals surface area contributed by atoms with Crippen molar-refractivity contribution >= 4 is 11.8 Å². The van der Waals surface area contributed by atoms with E-state index >= 15 is 0 Å². The molecule has 160 valence electrons. The molecule has 6 nitrogen and oxygen atoms in total. The van der Waals surface area contributed by atoms with Gasteiger partial charge in [-0.3, -0.25) is 14.3 Å². The lowest BCUT2D eigenvalue weighted by atomic mass is 9.82. The zero-order valence-electron chi connectivity index (χ0n) is 17.9. The van der Waals surface area contributed by atoms with Crippen molar-refractivity contribution in [2.75, 3.05) is 19.6 Å². The molecule has 1 aromatic heterocycles. The molecule has 3 heterocycles. The SMILES string of the molecule is Cc1ccn(CCC(=O)N2CC[C@H]3[C@H](CCC(=O)N3CCC3CCCCC3)C2)n1. The number of rotatable bonds is 6. The number of aryl methyl sites for hydroxylation is 2. The number of hydrogen-bond acceptors (Lipinski definition) is 3. The predicted octanol–water partition coefficient (Wildman–Crippen LogP) is 3.39. The smallest absolute Gasteiger partial charge is 0.224 e. The second-order valence-corrected chi connectivity index (χ2v) is 9.34. The number of nitrogens with zero attached hydrogens (tertiary/aromatic N) is 4. The summed E-state index contributed by atoms with van der Waals surface area (Å²) in [6.45, 7) is 5.13. The van der Waals surface area contributed by atoms with Crippen LogP contribution in [0.25, 0.3) is 0 Å². The highest BCUT2D eigenvalue weighted by Gasteiger charge is 2.40. The van der Waals surface area contributed by atoms with Gasteiger partial charge in [-0.15, -0.1) is 0 Å². The van der Waals surface area contributed by atoms with Crippen LogP contribution in [0, 0.1) is 18.8 Å². The third kappa shape index (κ3) is 5.01. The first kappa shape index (κ1) is 20.4. The molecule has 4 rings (SSSR count). The molecule has 2 aliphatic heterocycles. The van der Waals surface area contributed by atoms with E-state index in [1.165, 1.54) is 38.5 Å². The fourth-order valence-electron chi connectivity index (χ4n) is 5.62. The molecular weight excluding hydrogens is 364 g/mol. The Morgan fingerprint density at radius 1 is 1.14 bits per heavy atom. The molecule has 0 aromatic carbocycles. The van der Waals surface area contributed by atoms with E-state index in [0.29, 0.717) is 37.3 Å². The van der Waals surface area contributed by atoms with Crippen LogP contribution in [0.1, 0.15) is 69.9 Å². The Hall–Kier alpha value is -1.85. The normalized spacial score (nSPS) is 25.9.